The van der Waals surface area contributed by atoms with Gasteiger partial charge in [0, 0.05) is 24.8 Å². The molecular formula is C12H22N6. The fourth-order valence-corrected chi connectivity index (χ4v) is 2.23. The summed E-state index contributed by atoms with van der Waals surface area (Å²) in [7, 11) is 2.17. The summed E-state index contributed by atoms with van der Waals surface area (Å²) in [5.41, 5.74) is 3.53. The van der Waals surface area contributed by atoms with Crippen molar-refractivity contribution in [1.29, 1.82) is 0 Å². The summed E-state index contributed by atoms with van der Waals surface area (Å²) >= 11 is 0. The molecule has 1 aliphatic heterocycles. The highest BCUT2D eigenvalue weighted by atomic mass is 15.3. The van der Waals surface area contributed by atoms with Crippen molar-refractivity contribution in [3.8, 4) is 0 Å². The summed E-state index contributed by atoms with van der Waals surface area (Å²) in [6, 6.07) is 1.85. The molecule has 3 N–H and O–H groups in total. The lowest BCUT2D eigenvalue weighted by atomic mass is 10.3. The van der Waals surface area contributed by atoms with Crippen LogP contribution in [0.5, 0.6) is 0 Å². The van der Waals surface area contributed by atoms with Gasteiger partial charge in [0.15, 0.2) is 0 Å². The second-order valence-electron chi connectivity index (χ2n) is 4.89. The van der Waals surface area contributed by atoms with Crippen LogP contribution in [0.25, 0.3) is 0 Å². The zero-order chi connectivity index (χ0) is 13.0. The number of nitrogens with two attached hydrogens (primary N) is 1. The molecule has 1 aliphatic rings. The molecule has 0 aliphatic carbocycles. The largest absolute Gasteiger partial charge is 0.308 e. The van der Waals surface area contributed by atoms with Crippen LogP contribution in [0.15, 0.2) is 6.07 Å². The first-order valence-corrected chi connectivity index (χ1v) is 6.39. The van der Waals surface area contributed by atoms with Crippen molar-refractivity contribution in [1.82, 2.24) is 19.8 Å². The van der Waals surface area contributed by atoms with Gasteiger partial charge in [-0.1, -0.05) is 0 Å². The van der Waals surface area contributed by atoms with Crippen molar-refractivity contribution in [3.05, 3.63) is 17.6 Å². The van der Waals surface area contributed by atoms with Crippen LogP contribution in [-0.2, 0) is 6.54 Å². The maximum Gasteiger partial charge on any atom is 0.145 e. The summed E-state index contributed by atoms with van der Waals surface area (Å²) in [6.07, 6.45) is 1.20. The molecule has 0 radical (unpaired) electrons. The van der Waals surface area contributed by atoms with Crippen LogP contribution in [0.3, 0.4) is 0 Å². The highest BCUT2D eigenvalue weighted by molar-refractivity contribution is 5.33. The number of aryl methyl sites for hydroxylation is 1. The van der Waals surface area contributed by atoms with E-state index >= 15 is 0 Å². The first kappa shape index (κ1) is 13.2. The molecule has 0 atom stereocenters. The molecule has 1 aromatic rings. The SMILES string of the molecule is Cc1cc(NN)nc(CN2CCCN(C)CC2)n1. The van der Waals surface area contributed by atoms with Gasteiger partial charge in [0.25, 0.3) is 0 Å². The third-order valence-electron chi connectivity index (χ3n) is 3.23. The first-order chi connectivity index (χ1) is 8.67. The van der Waals surface area contributed by atoms with Crippen LogP contribution in [0.1, 0.15) is 17.9 Å². The Morgan fingerprint density at radius 1 is 1.28 bits per heavy atom. The Hall–Kier alpha value is -1.24. The molecule has 0 saturated carbocycles. The van der Waals surface area contributed by atoms with Crippen LogP contribution in [-0.4, -0.2) is 53.0 Å². The van der Waals surface area contributed by atoms with E-state index in [1.807, 2.05) is 13.0 Å². The normalized spacial score (nSPS) is 18.6. The van der Waals surface area contributed by atoms with Crippen LogP contribution < -0.4 is 11.3 Å². The Bertz CT molecular complexity index is 394. The van der Waals surface area contributed by atoms with Crippen molar-refractivity contribution < 1.29 is 0 Å². The predicted octanol–water partition coefficient (Wildman–Crippen LogP) is 0.208. The monoisotopic (exact) mass is 250 g/mol. The molecule has 1 aromatic heterocycles. The van der Waals surface area contributed by atoms with Gasteiger partial charge < -0.3 is 10.3 Å². The molecule has 0 amide bonds. The lowest BCUT2D eigenvalue weighted by Gasteiger charge is -2.19. The van der Waals surface area contributed by atoms with Gasteiger partial charge in [-0.25, -0.2) is 15.8 Å². The van der Waals surface area contributed by atoms with Crippen molar-refractivity contribution in [2.24, 2.45) is 5.84 Å². The van der Waals surface area contributed by atoms with Gasteiger partial charge in [0.1, 0.15) is 11.6 Å². The average Bonchev–Trinajstić information content (AvgIpc) is 2.54. The molecule has 6 heteroatoms. The maximum absolute atomic E-state index is 5.40. The summed E-state index contributed by atoms with van der Waals surface area (Å²) in [6.45, 7) is 7.20. The topological polar surface area (TPSA) is 70.3 Å². The first-order valence-electron chi connectivity index (χ1n) is 6.39. The number of nitrogens with one attached hydrogen (secondary N) is 1. The minimum absolute atomic E-state index is 0.685. The van der Waals surface area contributed by atoms with E-state index in [0.29, 0.717) is 5.82 Å². The van der Waals surface area contributed by atoms with Crippen molar-refractivity contribution >= 4 is 5.82 Å². The van der Waals surface area contributed by atoms with E-state index in [4.69, 9.17) is 5.84 Å². The number of nitrogen functional groups attached to an aromatic ring is 1. The minimum Gasteiger partial charge on any atom is -0.308 e. The lowest BCUT2D eigenvalue weighted by Crippen LogP contribution is -2.29. The van der Waals surface area contributed by atoms with E-state index in [1.54, 1.807) is 0 Å². The van der Waals surface area contributed by atoms with Gasteiger partial charge in [-0.3, -0.25) is 4.90 Å². The van der Waals surface area contributed by atoms with Gasteiger partial charge in [-0.15, -0.1) is 0 Å². The quantitative estimate of drug-likeness (QED) is 0.590. The maximum atomic E-state index is 5.40. The van der Waals surface area contributed by atoms with E-state index in [-0.39, 0.29) is 0 Å². The lowest BCUT2D eigenvalue weighted by molar-refractivity contribution is 0.263. The second kappa shape index (κ2) is 6.08. The molecule has 1 saturated heterocycles. The number of hydrogen-bond donors (Lipinski definition) is 2. The number of hydrogen-bond acceptors (Lipinski definition) is 6. The van der Waals surface area contributed by atoms with E-state index in [1.165, 1.54) is 13.0 Å². The van der Waals surface area contributed by atoms with E-state index in [0.717, 1.165) is 37.7 Å². The van der Waals surface area contributed by atoms with Crippen LogP contribution in [0, 0.1) is 6.92 Å². The number of likely N-dealkylation sites (N-methyl/N-ethyl adjacent to an activating group) is 1. The van der Waals surface area contributed by atoms with Gasteiger partial charge in [0.05, 0.1) is 6.54 Å². The summed E-state index contributed by atoms with van der Waals surface area (Å²) in [4.78, 5) is 13.6. The summed E-state index contributed by atoms with van der Waals surface area (Å²) < 4.78 is 0. The van der Waals surface area contributed by atoms with Crippen LogP contribution in [0.2, 0.25) is 0 Å². The standard InChI is InChI=1S/C12H22N6/c1-10-8-11(16-13)15-12(14-10)9-18-5-3-4-17(2)6-7-18/h8H,3-7,9,13H2,1-2H3,(H,14,15,16). The van der Waals surface area contributed by atoms with Crippen LogP contribution >= 0.6 is 0 Å². The Labute approximate surface area is 108 Å². The Morgan fingerprint density at radius 2 is 2.11 bits per heavy atom. The number of hydrazine groups is 1. The second-order valence-corrected chi connectivity index (χ2v) is 4.89. The number of nitrogens with zero attached hydrogens (tertiary/aromatic N) is 4. The summed E-state index contributed by atoms with van der Waals surface area (Å²) in [5.74, 6) is 6.93. The molecule has 0 unspecified atom stereocenters. The van der Waals surface area contributed by atoms with Crippen molar-refractivity contribution in [2.75, 3.05) is 38.7 Å². The fraction of sp³-hybridized carbons (Fsp3) is 0.667. The number of anilines is 1. The molecule has 0 bridgehead atoms. The third-order valence-corrected chi connectivity index (χ3v) is 3.23. The molecule has 18 heavy (non-hydrogen) atoms. The predicted molar refractivity (Wildman–Crippen MR) is 72.0 cm³/mol. The zero-order valence-electron chi connectivity index (χ0n) is 11.2. The van der Waals surface area contributed by atoms with E-state index < -0.39 is 0 Å². The zero-order valence-corrected chi connectivity index (χ0v) is 11.2. The van der Waals surface area contributed by atoms with Gasteiger partial charge in [0.2, 0.25) is 0 Å². The minimum atomic E-state index is 0.685. The highest BCUT2D eigenvalue weighted by Crippen LogP contribution is 2.09. The van der Waals surface area contributed by atoms with Crippen molar-refractivity contribution in [2.45, 2.75) is 19.9 Å². The van der Waals surface area contributed by atoms with Crippen molar-refractivity contribution in [3.63, 3.8) is 0 Å². The van der Waals surface area contributed by atoms with Gasteiger partial charge in [-0.05, 0) is 33.5 Å². The number of aromatic nitrogens is 2. The van der Waals surface area contributed by atoms with Gasteiger partial charge >= 0.3 is 0 Å². The molecule has 0 aromatic carbocycles. The Kier molecular flexibility index (Phi) is 4.46. The molecule has 100 valence electrons. The molecule has 2 rings (SSSR count). The molecular weight excluding hydrogens is 228 g/mol. The highest BCUT2D eigenvalue weighted by Gasteiger charge is 2.13. The van der Waals surface area contributed by atoms with Crippen LogP contribution in [0.4, 0.5) is 5.82 Å². The van der Waals surface area contributed by atoms with E-state index in [2.05, 4.69) is 32.2 Å². The Balaban J connectivity index is 2.01. The Morgan fingerprint density at radius 3 is 2.89 bits per heavy atom. The molecule has 6 nitrogen and oxygen atoms in total. The average molecular weight is 250 g/mol. The smallest absolute Gasteiger partial charge is 0.145 e. The molecule has 1 fully saturated rings. The van der Waals surface area contributed by atoms with Gasteiger partial charge in [-0.2, -0.15) is 0 Å². The fourth-order valence-electron chi connectivity index (χ4n) is 2.23. The third kappa shape index (κ3) is 3.63. The molecule has 2 heterocycles. The van der Waals surface area contributed by atoms with E-state index in [9.17, 15) is 0 Å². The number of rotatable bonds is 3. The summed E-state index contributed by atoms with van der Waals surface area (Å²) in [5, 5.41) is 0. The molecule has 0 spiro atoms.